The Morgan fingerprint density at radius 2 is 1.83 bits per heavy atom. The van der Waals surface area contributed by atoms with Crippen LogP contribution in [0, 0.1) is 0 Å². The molecule has 3 amide bonds. The van der Waals surface area contributed by atoms with Crippen LogP contribution in [0.15, 0.2) is 67.1 Å². The maximum absolute atomic E-state index is 13.9. The van der Waals surface area contributed by atoms with Crippen LogP contribution in [-0.2, 0) is 33.3 Å². The number of hydrogen-bond donors (Lipinski definition) is 0. The van der Waals surface area contributed by atoms with Gasteiger partial charge in [0.1, 0.15) is 5.82 Å². The van der Waals surface area contributed by atoms with Crippen molar-refractivity contribution in [3.05, 3.63) is 84.2 Å². The van der Waals surface area contributed by atoms with E-state index in [2.05, 4.69) is 9.97 Å². The number of aryl methyl sites for hydroxylation is 1. The van der Waals surface area contributed by atoms with Crippen molar-refractivity contribution in [3.8, 4) is 0 Å². The van der Waals surface area contributed by atoms with Gasteiger partial charge in [0.25, 0.3) is 0 Å². The Balaban J connectivity index is 1.43. The molecule has 36 heavy (non-hydrogen) atoms. The van der Waals surface area contributed by atoms with Crippen molar-refractivity contribution >= 4 is 17.7 Å². The van der Waals surface area contributed by atoms with Crippen molar-refractivity contribution < 1.29 is 14.4 Å². The van der Waals surface area contributed by atoms with Crippen molar-refractivity contribution in [3.63, 3.8) is 0 Å². The number of carbonyl (C=O) groups excluding carboxylic acids is 3. The molecule has 0 N–H and O–H groups in total. The molecular formula is C28H31N5O3. The van der Waals surface area contributed by atoms with Crippen LogP contribution in [0.5, 0.6) is 0 Å². The van der Waals surface area contributed by atoms with Crippen molar-refractivity contribution in [2.45, 2.75) is 50.0 Å². The summed E-state index contributed by atoms with van der Waals surface area (Å²) in [5.41, 5.74) is 0.323. The maximum atomic E-state index is 13.9. The highest BCUT2D eigenvalue weighted by Gasteiger charge is 2.54. The van der Waals surface area contributed by atoms with Gasteiger partial charge in [0.2, 0.25) is 17.7 Å². The zero-order valence-electron chi connectivity index (χ0n) is 20.5. The molecule has 2 aliphatic heterocycles. The molecule has 2 aromatic heterocycles. The minimum atomic E-state index is -1.21. The normalized spacial score (nSPS) is 22.3. The monoisotopic (exact) mass is 485 g/mol. The van der Waals surface area contributed by atoms with E-state index >= 15 is 0 Å². The predicted molar refractivity (Wildman–Crippen MR) is 134 cm³/mol. The smallest absolute Gasteiger partial charge is 0.240 e. The van der Waals surface area contributed by atoms with Gasteiger partial charge in [-0.25, -0.2) is 4.98 Å². The van der Waals surface area contributed by atoms with Crippen LogP contribution in [0.4, 0.5) is 0 Å². The molecule has 0 unspecified atom stereocenters. The lowest BCUT2D eigenvalue weighted by molar-refractivity contribution is -0.144. The van der Waals surface area contributed by atoms with E-state index in [1.165, 1.54) is 4.90 Å². The highest BCUT2D eigenvalue weighted by atomic mass is 16.2. The third-order valence-electron chi connectivity index (χ3n) is 7.49. The molecule has 186 valence electrons. The number of likely N-dealkylation sites (tertiary alicyclic amines) is 2. The number of benzene rings is 1. The van der Waals surface area contributed by atoms with Crippen molar-refractivity contribution in [1.82, 2.24) is 24.3 Å². The molecule has 0 spiro atoms. The second-order valence-electron chi connectivity index (χ2n) is 9.72. The minimum absolute atomic E-state index is 0.00921. The molecule has 0 saturated carbocycles. The number of piperidine rings is 1. The van der Waals surface area contributed by atoms with E-state index in [4.69, 9.17) is 0 Å². The molecule has 2 atom stereocenters. The number of aromatic nitrogens is 3. The highest BCUT2D eigenvalue weighted by Crippen LogP contribution is 2.41. The van der Waals surface area contributed by atoms with Gasteiger partial charge in [0.15, 0.2) is 0 Å². The van der Waals surface area contributed by atoms with Gasteiger partial charge in [-0.1, -0.05) is 36.4 Å². The van der Waals surface area contributed by atoms with E-state index in [-0.39, 0.29) is 43.1 Å². The Hall–Kier alpha value is -3.81. The van der Waals surface area contributed by atoms with E-state index in [9.17, 15) is 14.4 Å². The van der Waals surface area contributed by atoms with Gasteiger partial charge >= 0.3 is 0 Å². The summed E-state index contributed by atoms with van der Waals surface area (Å²) in [6, 6.07) is 14.8. The summed E-state index contributed by atoms with van der Waals surface area (Å²) >= 11 is 0. The van der Waals surface area contributed by atoms with Crippen LogP contribution in [0.1, 0.15) is 55.2 Å². The number of hydrogen-bond acceptors (Lipinski definition) is 5. The zero-order chi connectivity index (χ0) is 25.1. The fourth-order valence-electron chi connectivity index (χ4n) is 5.58. The first-order valence-corrected chi connectivity index (χ1v) is 12.6. The van der Waals surface area contributed by atoms with Gasteiger partial charge in [-0.3, -0.25) is 24.3 Å². The molecule has 1 aromatic carbocycles. The van der Waals surface area contributed by atoms with E-state index in [0.717, 1.165) is 30.8 Å². The van der Waals surface area contributed by atoms with Crippen LogP contribution >= 0.6 is 0 Å². The average molecular weight is 486 g/mol. The zero-order valence-corrected chi connectivity index (χ0v) is 20.5. The lowest BCUT2D eigenvalue weighted by atomic mass is 9.75. The van der Waals surface area contributed by atoms with Gasteiger partial charge < -0.3 is 9.47 Å². The summed E-state index contributed by atoms with van der Waals surface area (Å²) in [5, 5.41) is 0. The highest BCUT2D eigenvalue weighted by molar-refractivity contribution is 6.10. The first-order valence-electron chi connectivity index (χ1n) is 12.6. The Labute approximate surface area is 211 Å². The summed E-state index contributed by atoms with van der Waals surface area (Å²) in [5.74, 6) is 0.197. The predicted octanol–water partition coefficient (Wildman–Crippen LogP) is 3.20. The summed E-state index contributed by atoms with van der Waals surface area (Å²) < 4.78 is 1.95. The molecule has 0 radical (unpaired) electrons. The van der Waals surface area contributed by atoms with Crippen LogP contribution in [0.2, 0.25) is 0 Å². The Kier molecular flexibility index (Phi) is 6.67. The molecule has 2 aliphatic rings. The largest absolute Gasteiger partial charge is 0.336 e. The maximum Gasteiger partial charge on any atom is 0.240 e. The van der Waals surface area contributed by atoms with Gasteiger partial charge in [-0.2, -0.15) is 0 Å². The lowest BCUT2D eigenvalue weighted by Crippen LogP contribution is -2.46. The van der Waals surface area contributed by atoms with E-state index in [1.807, 2.05) is 71.2 Å². The number of imidazole rings is 1. The molecule has 2 fully saturated rings. The standard InChI is InChI=1S/C28H31N5O3/c1-31-18-15-30-26(31)23-12-6-8-16-32(23)24(34)19-28(21-9-3-2-4-10-21)20-25(35)33(27(28)36)17-13-22-11-5-7-14-29-22/h2-5,7,9-11,14-15,18,23H,6,8,12-13,16-17,19-20H2,1H3/t23-,28+/m0/s1. The quantitative estimate of drug-likeness (QED) is 0.480. The minimum Gasteiger partial charge on any atom is -0.336 e. The van der Waals surface area contributed by atoms with Gasteiger partial charge in [0, 0.05) is 63.7 Å². The van der Waals surface area contributed by atoms with Crippen molar-refractivity contribution in [2.24, 2.45) is 7.05 Å². The molecule has 0 aliphatic carbocycles. The number of amides is 3. The Bertz CT molecular complexity index is 1240. The molecule has 3 aromatic rings. The van der Waals surface area contributed by atoms with Gasteiger partial charge in [0.05, 0.1) is 11.5 Å². The second-order valence-corrected chi connectivity index (χ2v) is 9.72. The third-order valence-corrected chi connectivity index (χ3v) is 7.49. The van der Waals surface area contributed by atoms with Gasteiger partial charge in [-0.15, -0.1) is 0 Å². The van der Waals surface area contributed by atoms with Gasteiger partial charge in [-0.05, 0) is 37.0 Å². The van der Waals surface area contributed by atoms with Crippen LogP contribution in [0.25, 0.3) is 0 Å². The first kappa shape index (κ1) is 23.9. The summed E-state index contributed by atoms with van der Waals surface area (Å²) in [6.45, 7) is 0.865. The Morgan fingerprint density at radius 1 is 1.03 bits per heavy atom. The fraction of sp³-hybridized carbons (Fsp3) is 0.393. The fourth-order valence-corrected chi connectivity index (χ4v) is 5.58. The van der Waals surface area contributed by atoms with E-state index in [0.29, 0.717) is 18.5 Å². The Morgan fingerprint density at radius 3 is 2.56 bits per heavy atom. The first-order chi connectivity index (χ1) is 17.5. The molecule has 8 nitrogen and oxygen atoms in total. The lowest BCUT2D eigenvalue weighted by Gasteiger charge is -2.37. The van der Waals surface area contributed by atoms with Crippen LogP contribution < -0.4 is 0 Å². The molecule has 0 bridgehead atoms. The number of rotatable bonds is 7. The summed E-state index contributed by atoms with van der Waals surface area (Å²) in [6.07, 6.45) is 8.52. The molecular weight excluding hydrogens is 454 g/mol. The third kappa shape index (κ3) is 4.43. The van der Waals surface area contributed by atoms with Crippen molar-refractivity contribution in [1.29, 1.82) is 0 Å². The molecule has 8 heteroatoms. The van der Waals surface area contributed by atoms with Crippen LogP contribution in [-0.4, -0.2) is 55.1 Å². The summed E-state index contributed by atoms with van der Waals surface area (Å²) in [4.78, 5) is 53.0. The second kappa shape index (κ2) is 10.0. The average Bonchev–Trinajstić information content (AvgIpc) is 3.44. The molecule has 5 rings (SSSR count). The number of carbonyl (C=O) groups is 3. The topological polar surface area (TPSA) is 88.4 Å². The van der Waals surface area contributed by atoms with E-state index in [1.54, 1.807) is 12.4 Å². The van der Waals surface area contributed by atoms with Crippen molar-refractivity contribution in [2.75, 3.05) is 13.1 Å². The molecule has 4 heterocycles. The van der Waals surface area contributed by atoms with E-state index < -0.39 is 5.41 Å². The number of imide groups is 1. The number of pyridine rings is 1. The number of nitrogens with zero attached hydrogens (tertiary/aromatic N) is 5. The molecule has 2 saturated heterocycles. The SMILES string of the molecule is Cn1ccnc1[C@@H]1CCCCN1C(=O)C[C@]1(c2ccccc2)CC(=O)N(CCc2ccccn2)C1=O. The summed E-state index contributed by atoms with van der Waals surface area (Å²) in [7, 11) is 1.93. The van der Waals surface area contributed by atoms with Crippen LogP contribution in [0.3, 0.4) is 0 Å².